The molecule has 2 aromatic rings. The van der Waals surface area contributed by atoms with Crippen molar-refractivity contribution in [1.29, 1.82) is 5.26 Å². The van der Waals surface area contributed by atoms with Crippen LogP contribution in [0.5, 0.6) is 11.6 Å². The van der Waals surface area contributed by atoms with Crippen molar-refractivity contribution >= 4 is 11.5 Å². The number of ether oxygens (including phenoxy) is 2. The molecule has 0 unspecified atom stereocenters. The first kappa shape index (κ1) is 17.7. The molecule has 1 aromatic carbocycles. The summed E-state index contributed by atoms with van der Waals surface area (Å²) in [6.07, 6.45) is -0.761. The maximum atomic E-state index is 13.6. The molecule has 0 spiro atoms. The molecule has 0 atom stereocenters. The molecular weight excluding hydrogens is 343 g/mol. The normalized spacial score (nSPS) is 10.9. The van der Waals surface area contributed by atoms with E-state index >= 15 is 0 Å². The molecule has 25 heavy (non-hydrogen) atoms. The molecule has 0 aliphatic rings. The second-order valence-electron chi connectivity index (χ2n) is 4.31. The van der Waals surface area contributed by atoms with E-state index in [1.807, 2.05) is 0 Å². The highest BCUT2D eigenvalue weighted by molar-refractivity contribution is 6.15. The first-order valence-electron chi connectivity index (χ1n) is 6.51. The summed E-state index contributed by atoms with van der Waals surface area (Å²) in [6, 6.07) is 7.03. The number of carbonyl (C=O) groups is 1. The number of carboxylic acid groups (broad SMARTS) is 1. The van der Waals surface area contributed by atoms with Gasteiger partial charge in [0.2, 0.25) is 5.82 Å². The van der Waals surface area contributed by atoms with Crippen LogP contribution in [0.2, 0.25) is 0 Å². The number of aromatic nitrogens is 2. The molecule has 128 valence electrons. The van der Waals surface area contributed by atoms with Crippen LogP contribution in [0.25, 0.3) is 5.57 Å². The maximum Gasteiger partial charge on any atom is 0.339 e. The second kappa shape index (κ2) is 7.78. The zero-order valence-corrected chi connectivity index (χ0v) is 12.2. The van der Waals surface area contributed by atoms with Crippen molar-refractivity contribution in [2.75, 3.05) is 6.61 Å². The summed E-state index contributed by atoms with van der Waals surface area (Å²) < 4.78 is 49.6. The third-order valence-electron chi connectivity index (χ3n) is 2.72. The highest BCUT2D eigenvalue weighted by Crippen LogP contribution is 2.31. The van der Waals surface area contributed by atoms with E-state index in [2.05, 4.69) is 9.97 Å². The third-order valence-corrected chi connectivity index (χ3v) is 2.72. The number of hydrogen-bond acceptors (Lipinski definition) is 6. The number of rotatable bonds is 6. The van der Waals surface area contributed by atoms with E-state index in [1.54, 1.807) is 6.07 Å². The van der Waals surface area contributed by atoms with Crippen LogP contribution in [0.1, 0.15) is 5.56 Å². The number of halogens is 3. The average Bonchev–Trinajstić information content (AvgIpc) is 2.57. The predicted molar refractivity (Wildman–Crippen MR) is 75.6 cm³/mol. The Balaban J connectivity index is 2.46. The molecule has 0 amide bonds. The van der Waals surface area contributed by atoms with Crippen LogP contribution >= 0.6 is 0 Å². The number of carboxylic acids is 1. The molecule has 0 fully saturated rings. The Bertz CT molecular complexity index is 881. The summed E-state index contributed by atoms with van der Waals surface area (Å²) in [5.41, 5.74) is -0.520. The monoisotopic (exact) mass is 351 g/mol. The lowest BCUT2D eigenvalue weighted by Gasteiger charge is -2.11. The molecule has 7 nitrogen and oxygen atoms in total. The summed E-state index contributed by atoms with van der Waals surface area (Å²) >= 11 is 0. The van der Waals surface area contributed by atoms with Crippen LogP contribution in [-0.2, 0) is 9.53 Å². The summed E-state index contributed by atoms with van der Waals surface area (Å²) in [4.78, 5) is 16.9. The first-order valence-corrected chi connectivity index (χ1v) is 6.51. The molecule has 0 radical (unpaired) electrons. The minimum absolute atomic E-state index is 0.0910. The number of benzene rings is 1. The fraction of sp³-hybridized carbons (Fsp3) is 0.0667. The van der Waals surface area contributed by atoms with Crippen molar-refractivity contribution in [2.24, 2.45) is 0 Å². The summed E-state index contributed by atoms with van der Waals surface area (Å²) in [5.74, 6) is -6.15. The topological polar surface area (TPSA) is 105 Å². The van der Waals surface area contributed by atoms with Crippen LogP contribution in [0.3, 0.4) is 0 Å². The van der Waals surface area contributed by atoms with Gasteiger partial charge in [-0.2, -0.15) is 28.4 Å². The average molecular weight is 351 g/mol. The highest BCUT2D eigenvalue weighted by Gasteiger charge is 2.21. The molecule has 1 aromatic heterocycles. The van der Waals surface area contributed by atoms with Crippen molar-refractivity contribution in [1.82, 2.24) is 9.97 Å². The Morgan fingerprint density at radius 2 is 2.00 bits per heavy atom. The van der Waals surface area contributed by atoms with Crippen molar-refractivity contribution < 1.29 is 32.5 Å². The lowest BCUT2D eigenvalue weighted by atomic mass is 10.1. The molecule has 2 rings (SSSR count). The van der Waals surface area contributed by atoms with Crippen LogP contribution in [-0.4, -0.2) is 27.7 Å². The highest BCUT2D eigenvalue weighted by atomic mass is 19.2. The Morgan fingerprint density at radius 3 is 2.68 bits per heavy atom. The number of nitrogens with zero attached hydrogens (tertiary/aromatic N) is 3. The van der Waals surface area contributed by atoms with Gasteiger partial charge >= 0.3 is 12.0 Å². The lowest BCUT2D eigenvalue weighted by Crippen LogP contribution is -2.05. The Kier molecular flexibility index (Phi) is 5.52. The van der Waals surface area contributed by atoms with Crippen molar-refractivity contribution in [3.05, 3.63) is 53.9 Å². The molecule has 0 aliphatic heterocycles. The van der Waals surface area contributed by atoms with Gasteiger partial charge < -0.3 is 14.6 Å². The van der Waals surface area contributed by atoms with E-state index in [-0.39, 0.29) is 11.3 Å². The van der Waals surface area contributed by atoms with Crippen LogP contribution < -0.4 is 4.74 Å². The van der Waals surface area contributed by atoms with E-state index in [4.69, 9.17) is 14.7 Å². The zero-order valence-electron chi connectivity index (χ0n) is 12.2. The number of nitriles is 1. The summed E-state index contributed by atoms with van der Waals surface area (Å²) in [6.45, 7) is -0.406. The van der Waals surface area contributed by atoms with Crippen molar-refractivity contribution in [3.8, 4) is 17.7 Å². The van der Waals surface area contributed by atoms with Crippen LogP contribution in [0.4, 0.5) is 13.2 Å². The van der Waals surface area contributed by atoms with Crippen LogP contribution in [0, 0.1) is 29.2 Å². The van der Waals surface area contributed by atoms with Gasteiger partial charge in [0.05, 0.1) is 6.26 Å². The van der Waals surface area contributed by atoms with E-state index in [0.29, 0.717) is 0 Å². The zero-order chi connectivity index (χ0) is 18.4. The van der Waals surface area contributed by atoms with Gasteiger partial charge in [0.15, 0.2) is 6.61 Å². The third kappa shape index (κ3) is 4.23. The van der Waals surface area contributed by atoms with Gasteiger partial charge in [-0.15, -0.1) is 0 Å². The summed E-state index contributed by atoms with van der Waals surface area (Å²) in [7, 11) is 0. The van der Waals surface area contributed by atoms with E-state index < -0.39 is 41.9 Å². The van der Waals surface area contributed by atoms with Gasteiger partial charge in [0.1, 0.15) is 17.4 Å². The number of hydrogen-bond donors (Lipinski definition) is 1. The Labute approximate surface area is 138 Å². The minimum atomic E-state index is -1.76. The van der Waals surface area contributed by atoms with E-state index in [9.17, 15) is 23.1 Å². The molecule has 0 bridgehead atoms. The maximum absolute atomic E-state index is 13.6. The molecule has 1 heterocycles. The molecule has 10 heteroatoms. The predicted octanol–water partition coefficient (Wildman–Crippen LogP) is 2.65. The molecule has 1 N–H and O–H groups in total. The van der Waals surface area contributed by atoms with Crippen molar-refractivity contribution in [2.45, 2.75) is 0 Å². The smallest absolute Gasteiger partial charge is 0.339 e. The van der Waals surface area contributed by atoms with E-state index in [0.717, 1.165) is 6.26 Å². The SMILES string of the molecule is N#CCOC=C(C(=O)O)c1ccccc1Oc1nc(F)nc(F)c1F. The van der Waals surface area contributed by atoms with Gasteiger partial charge in [0.25, 0.3) is 11.8 Å². The molecule has 0 aliphatic carbocycles. The van der Waals surface area contributed by atoms with Gasteiger partial charge in [0, 0.05) is 5.56 Å². The van der Waals surface area contributed by atoms with Gasteiger partial charge in [-0.25, -0.2) is 4.79 Å². The quantitative estimate of drug-likeness (QED) is 0.280. The fourth-order valence-corrected chi connectivity index (χ4v) is 1.72. The molecular formula is C15H8F3N3O4. The standard InChI is InChI=1S/C15H8F3N3O4/c16-11-12(17)20-15(18)21-13(11)25-10-4-2-1-3-8(10)9(14(22)23)7-24-6-5-19/h1-4,7H,6H2,(H,22,23). The van der Waals surface area contributed by atoms with Gasteiger partial charge in [-0.05, 0) is 6.07 Å². The fourth-order valence-electron chi connectivity index (χ4n) is 1.72. The van der Waals surface area contributed by atoms with E-state index in [1.165, 1.54) is 24.3 Å². The lowest BCUT2D eigenvalue weighted by molar-refractivity contribution is -0.130. The molecule has 0 saturated heterocycles. The number of aliphatic carboxylic acids is 1. The first-order chi connectivity index (χ1) is 11.9. The van der Waals surface area contributed by atoms with Gasteiger partial charge in [-0.3, -0.25) is 0 Å². The van der Waals surface area contributed by atoms with Crippen molar-refractivity contribution in [3.63, 3.8) is 0 Å². The Morgan fingerprint density at radius 1 is 1.28 bits per heavy atom. The minimum Gasteiger partial charge on any atom is -0.485 e. The molecule has 0 saturated carbocycles. The van der Waals surface area contributed by atoms with Gasteiger partial charge in [-0.1, -0.05) is 18.2 Å². The van der Waals surface area contributed by atoms with Crippen LogP contribution in [0.15, 0.2) is 30.5 Å². The summed E-state index contributed by atoms with van der Waals surface area (Å²) in [5, 5.41) is 17.7. The number of para-hydroxylation sites is 1. The Hall–Kier alpha value is -3.61. The second-order valence-corrected chi connectivity index (χ2v) is 4.31. The largest absolute Gasteiger partial charge is 0.485 e.